The average molecular weight is 478 g/mol. The van der Waals surface area contributed by atoms with Crippen molar-refractivity contribution < 1.29 is 13.2 Å². The zero-order chi connectivity index (χ0) is 23.0. The molecular weight excluding hydrogens is 451 g/mol. The Morgan fingerprint density at radius 3 is 2.64 bits per heavy atom. The summed E-state index contributed by atoms with van der Waals surface area (Å²) in [5.41, 5.74) is 3.54. The fraction of sp³-hybridized carbons (Fsp3) is 0.375. The second kappa shape index (κ2) is 9.65. The van der Waals surface area contributed by atoms with Gasteiger partial charge in [-0.2, -0.15) is 13.2 Å². The normalized spacial score (nSPS) is 15.8. The van der Waals surface area contributed by atoms with Crippen molar-refractivity contribution in [2.75, 3.05) is 13.1 Å². The summed E-state index contributed by atoms with van der Waals surface area (Å²) in [5, 5.41) is 4.13. The molecule has 0 radical (unpaired) electrons. The molecule has 0 bridgehead atoms. The van der Waals surface area contributed by atoms with Crippen molar-refractivity contribution in [1.82, 2.24) is 19.9 Å². The molecule has 0 saturated carbocycles. The Morgan fingerprint density at radius 1 is 1.21 bits per heavy atom. The van der Waals surface area contributed by atoms with E-state index in [1.165, 1.54) is 18.6 Å². The van der Waals surface area contributed by atoms with Gasteiger partial charge in [0.05, 0.1) is 29.0 Å². The molecule has 0 amide bonds. The van der Waals surface area contributed by atoms with Gasteiger partial charge in [-0.25, -0.2) is 4.98 Å². The van der Waals surface area contributed by atoms with Crippen LogP contribution in [-0.2, 0) is 13.2 Å². The Bertz CT molecular complexity index is 1280. The van der Waals surface area contributed by atoms with Crippen molar-refractivity contribution in [2.45, 2.75) is 39.4 Å². The number of benzene rings is 1. The van der Waals surface area contributed by atoms with Gasteiger partial charge in [0, 0.05) is 19.0 Å². The minimum absolute atomic E-state index is 0. The third-order valence-corrected chi connectivity index (χ3v) is 6.08. The molecule has 1 aromatic carbocycles. The molecule has 4 rings (SSSR count). The molecule has 0 spiro atoms. The van der Waals surface area contributed by atoms with Gasteiger partial charge in [0.25, 0.3) is 0 Å². The summed E-state index contributed by atoms with van der Waals surface area (Å²) >= 11 is 0. The molecule has 0 saturated heterocycles. The molecule has 3 aromatic rings. The van der Waals surface area contributed by atoms with Crippen LogP contribution in [0, 0.1) is 13.8 Å². The minimum atomic E-state index is -4.40. The second-order valence-corrected chi connectivity index (χ2v) is 8.13. The lowest BCUT2D eigenvalue weighted by atomic mass is 9.97. The van der Waals surface area contributed by atoms with E-state index in [-0.39, 0.29) is 18.0 Å². The molecule has 5 nitrogen and oxygen atoms in total. The average Bonchev–Trinajstić information content (AvgIpc) is 2.77. The number of nitrogens with one attached hydrogen (secondary N) is 1. The van der Waals surface area contributed by atoms with Crippen molar-refractivity contribution in [3.8, 4) is 0 Å². The Hall–Kier alpha value is -2.71. The topological polar surface area (TPSA) is 55.1 Å². The Morgan fingerprint density at radius 2 is 1.97 bits per heavy atom. The number of halogens is 4. The quantitative estimate of drug-likeness (QED) is 0.573. The number of nitrogens with zero attached hydrogens (tertiary/aromatic N) is 4. The largest absolute Gasteiger partial charge is 0.416 e. The SMILES string of the molecule is Cc1c(C(C)N=c2nc(C)n(C)c3cnc(C4=CCNCC4)cc23)cccc1C(F)(F)F.Cl. The van der Waals surface area contributed by atoms with Crippen LogP contribution in [0.2, 0.25) is 0 Å². The van der Waals surface area contributed by atoms with Crippen LogP contribution in [0.15, 0.2) is 41.5 Å². The van der Waals surface area contributed by atoms with E-state index < -0.39 is 17.8 Å². The second-order valence-electron chi connectivity index (χ2n) is 8.13. The molecule has 9 heteroatoms. The van der Waals surface area contributed by atoms with E-state index in [9.17, 15) is 13.2 Å². The van der Waals surface area contributed by atoms with Gasteiger partial charge in [0.15, 0.2) is 5.49 Å². The lowest BCUT2D eigenvalue weighted by Crippen LogP contribution is -2.21. The third kappa shape index (κ3) is 4.96. The molecular formula is C24H27ClF3N5. The minimum Gasteiger partial charge on any atom is -0.331 e. The van der Waals surface area contributed by atoms with Crippen molar-refractivity contribution >= 4 is 28.9 Å². The van der Waals surface area contributed by atoms with Gasteiger partial charge >= 0.3 is 6.18 Å². The van der Waals surface area contributed by atoms with Gasteiger partial charge in [-0.1, -0.05) is 18.2 Å². The summed E-state index contributed by atoms with van der Waals surface area (Å²) in [5.74, 6) is 0.750. The van der Waals surface area contributed by atoms with Crippen molar-refractivity contribution in [3.05, 3.63) is 70.2 Å². The fourth-order valence-corrected chi connectivity index (χ4v) is 4.15. The van der Waals surface area contributed by atoms with E-state index in [1.54, 1.807) is 13.0 Å². The molecule has 1 aliphatic rings. The number of pyridine rings is 1. The predicted octanol–water partition coefficient (Wildman–Crippen LogP) is 5.06. The summed E-state index contributed by atoms with van der Waals surface area (Å²) in [6.07, 6.45) is 0.438. The van der Waals surface area contributed by atoms with E-state index in [0.717, 1.165) is 48.0 Å². The van der Waals surface area contributed by atoms with E-state index in [4.69, 9.17) is 4.99 Å². The fourth-order valence-electron chi connectivity index (χ4n) is 4.15. The molecule has 0 fully saturated rings. The molecule has 1 N–H and O–H groups in total. The summed E-state index contributed by atoms with van der Waals surface area (Å²) in [7, 11) is 1.92. The van der Waals surface area contributed by atoms with Crippen LogP contribution in [-0.4, -0.2) is 27.6 Å². The Kier molecular flexibility index (Phi) is 7.29. The molecule has 176 valence electrons. The molecule has 1 aliphatic heterocycles. The summed E-state index contributed by atoms with van der Waals surface area (Å²) in [6.45, 7) is 6.88. The van der Waals surface area contributed by atoms with Crippen LogP contribution in [0.1, 0.15) is 47.6 Å². The predicted molar refractivity (Wildman–Crippen MR) is 126 cm³/mol. The third-order valence-electron chi connectivity index (χ3n) is 6.08. The highest BCUT2D eigenvalue weighted by molar-refractivity contribution is 5.85. The zero-order valence-electron chi connectivity index (χ0n) is 19.0. The lowest BCUT2D eigenvalue weighted by molar-refractivity contribution is -0.138. The van der Waals surface area contributed by atoms with Crippen LogP contribution >= 0.6 is 12.4 Å². The maximum Gasteiger partial charge on any atom is 0.416 e. The van der Waals surface area contributed by atoms with Crippen LogP contribution in [0.5, 0.6) is 0 Å². The molecule has 1 unspecified atom stereocenters. The van der Waals surface area contributed by atoms with Gasteiger partial charge < -0.3 is 9.88 Å². The number of aryl methyl sites for hydroxylation is 2. The summed E-state index contributed by atoms with van der Waals surface area (Å²) in [6, 6.07) is 5.74. The van der Waals surface area contributed by atoms with E-state index >= 15 is 0 Å². The first-order valence-electron chi connectivity index (χ1n) is 10.6. The van der Waals surface area contributed by atoms with Crippen LogP contribution in [0.4, 0.5) is 13.2 Å². The number of alkyl halides is 3. The van der Waals surface area contributed by atoms with Crippen molar-refractivity contribution in [3.63, 3.8) is 0 Å². The smallest absolute Gasteiger partial charge is 0.331 e. The van der Waals surface area contributed by atoms with E-state index in [2.05, 4.69) is 21.4 Å². The lowest BCUT2D eigenvalue weighted by Gasteiger charge is -2.17. The van der Waals surface area contributed by atoms with Crippen LogP contribution in [0.25, 0.3) is 16.5 Å². The number of hydrogen-bond donors (Lipinski definition) is 1. The van der Waals surface area contributed by atoms with E-state index in [0.29, 0.717) is 11.1 Å². The first-order chi connectivity index (χ1) is 15.2. The van der Waals surface area contributed by atoms with Gasteiger partial charge in [-0.15, -0.1) is 12.4 Å². The Labute approximate surface area is 196 Å². The standard InChI is InChI=1S/C24H26F3N5.ClH/c1-14-18(6-5-7-20(14)24(25,26)27)15(2)30-23-19-12-21(17-8-10-28-11-9-17)29-13-22(19)32(4)16(3)31-23;/h5-8,12-13,15,28H,9-11H2,1-4H3;1H. The zero-order valence-corrected chi connectivity index (χ0v) is 19.8. The molecule has 0 aliphatic carbocycles. The Balaban J connectivity index is 0.00000306. The van der Waals surface area contributed by atoms with Crippen molar-refractivity contribution in [2.24, 2.45) is 12.0 Å². The van der Waals surface area contributed by atoms with Gasteiger partial charge in [0.1, 0.15) is 5.82 Å². The first kappa shape index (κ1) is 24.9. The highest BCUT2D eigenvalue weighted by atomic mass is 35.5. The summed E-state index contributed by atoms with van der Waals surface area (Å²) in [4.78, 5) is 14.1. The van der Waals surface area contributed by atoms with Gasteiger partial charge in [0.2, 0.25) is 0 Å². The first-order valence-corrected chi connectivity index (χ1v) is 10.6. The van der Waals surface area contributed by atoms with Crippen molar-refractivity contribution in [1.29, 1.82) is 0 Å². The molecule has 1 atom stereocenters. The number of fused-ring (bicyclic) bond motifs is 1. The number of rotatable bonds is 3. The number of hydrogen-bond acceptors (Lipinski definition) is 4. The maximum absolute atomic E-state index is 13.4. The highest BCUT2D eigenvalue weighted by Crippen LogP contribution is 2.35. The maximum atomic E-state index is 13.4. The van der Waals surface area contributed by atoms with Gasteiger partial charge in [-0.3, -0.25) is 9.98 Å². The van der Waals surface area contributed by atoms with E-state index in [1.807, 2.05) is 30.8 Å². The summed E-state index contributed by atoms with van der Waals surface area (Å²) < 4.78 is 42.1. The number of aromatic nitrogens is 3. The highest BCUT2D eigenvalue weighted by Gasteiger charge is 2.33. The molecule has 2 aromatic heterocycles. The molecule has 33 heavy (non-hydrogen) atoms. The van der Waals surface area contributed by atoms with Crippen LogP contribution in [0.3, 0.4) is 0 Å². The molecule has 3 heterocycles. The van der Waals surface area contributed by atoms with Crippen LogP contribution < -0.4 is 10.8 Å². The van der Waals surface area contributed by atoms with Gasteiger partial charge in [-0.05, 0) is 62.6 Å². The monoisotopic (exact) mass is 477 g/mol.